The van der Waals surface area contributed by atoms with Gasteiger partial charge in [-0.25, -0.2) is 4.68 Å². The van der Waals surface area contributed by atoms with Gasteiger partial charge in [-0.1, -0.05) is 42.5 Å². The Hall–Kier alpha value is -2.47. The number of hydrogen-bond donors (Lipinski definition) is 1. The Morgan fingerprint density at radius 1 is 0.920 bits per heavy atom. The highest BCUT2D eigenvalue weighted by atomic mass is 35.5. The molecule has 25 heavy (non-hydrogen) atoms. The molecule has 3 aromatic rings. The second-order valence-corrected chi connectivity index (χ2v) is 5.45. The molecule has 0 amide bonds. The average Bonchev–Trinajstić information content (AvgIpc) is 3.02. The molecule has 0 unspecified atom stereocenters. The van der Waals surface area contributed by atoms with Gasteiger partial charge < -0.3 is 5.32 Å². The number of rotatable bonds is 5. The molecule has 0 spiro atoms. The van der Waals surface area contributed by atoms with Crippen LogP contribution in [-0.2, 0) is 13.0 Å². The molecule has 0 saturated carbocycles. The molecule has 1 aromatic heterocycles. The molecule has 0 bridgehead atoms. The third-order valence-corrected chi connectivity index (χ3v) is 3.49. The van der Waals surface area contributed by atoms with Crippen LogP contribution in [0.1, 0.15) is 11.1 Å². The zero-order valence-electron chi connectivity index (χ0n) is 13.2. The van der Waals surface area contributed by atoms with Crippen molar-refractivity contribution in [3.8, 4) is 5.69 Å². The van der Waals surface area contributed by atoms with Crippen molar-refractivity contribution in [1.29, 1.82) is 0 Å². The lowest BCUT2D eigenvalue weighted by Crippen LogP contribution is -2.11. The van der Waals surface area contributed by atoms with Crippen molar-refractivity contribution in [2.45, 2.75) is 19.1 Å². The van der Waals surface area contributed by atoms with Crippen LogP contribution in [0.25, 0.3) is 5.69 Å². The number of anilines is 1. The van der Waals surface area contributed by atoms with Crippen molar-refractivity contribution in [1.82, 2.24) is 9.78 Å². The van der Waals surface area contributed by atoms with Gasteiger partial charge in [-0.3, -0.25) is 0 Å². The Morgan fingerprint density at radius 2 is 1.64 bits per heavy atom. The standard InChI is InChI=1S/C18H16F3N3.ClH/c19-18(20,21)12-15-7-4-8-16(11-15)24-10-9-17(23-24)22-13-14-5-2-1-3-6-14;/h1-11H,12-13H2,(H,22,23);1H. The van der Waals surface area contributed by atoms with Gasteiger partial charge in [0, 0.05) is 18.8 Å². The van der Waals surface area contributed by atoms with Crippen molar-refractivity contribution in [3.63, 3.8) is 0 Å². The molecule has 0 radical (unpaired) electrons. The minimum absolute atomic E-state index is 0. The maximum absolute atomic E-state index is 12.5. The Morgan fingerprint density at radius 3 is 2.36 bits per heavy atom. The van der Waals surface area contributed by atoms with Crippen LogP contribution < -0.4 is 5.32 Å². The van der Waals surface area contributed by atoms with Gasteiger partial charge >= 0.3 is 6.18 Å². The molecule has 0 atom stereocenters. The molecule has 0 saturated heterocycles. The number of nitrogens with one attached hydrogen (secondary N) is 1. The van der Waals surface area contributed by atoms with E-state index in [-0.39, 0.29) is 18.0 Å². The van der Waals surface area contributed by atoms with Crippen LogP contribution in [0.3, 0.4) is 0 Å². The van der Waals surface area contributed by atoms with Crippen LogP contribution in [0.4, 0.5) is 19.0 Å². The van der Waals surface area contributed by atoms with E-state index in [0.29, 0.717) is 18.1 Å². The number of hydrogen-bond acceptors (Lipinski definition) is 2. The highest BCUT2D eigenvalue weighted by Gasteiger charge is 2.27. The number of benzene rings is 2. The molecule has 0 aliphatic rings. The molecular weight excluding hydrogens is 351 g/mol. The molecule has 0 aliphatic heterocycles. The van der Waals surface area contributed by atoms with Gasteiger partial charge in [0.2, 0.25) is 0 Å². The number of halogens is 4. The third-order valence-electron chi connectivity index (χ3n) is 3.49. The van der Waals surface area contributed by atoms with E-state index in [1.165, 1.54) is 12.1 Å². The fourth-order valence-corrected chi connectivity index (χ4v) is 2.39. The zero-order valence-corrected chi connectivity index (χ0v) is 14.0. The Bertz CT molecular complexity index is 801. The summed E-state index contributed by atoms with van der Waals surface area (Å²) in [6.07, 6.45) is -3.44. The van der Waals surface area contributed by atoms with E-state index < -0.39 is 12.6 Å². The van der Waals surface area contributed by atoms with E-state index in [1.807, 2.05) is 30.3 Å². The summed E-state index contributed by atoms with van der Waals surface area (Å²) < 4.78 is 39.1. The van der Waals surface area contributed by atoms with E-state index >= 15 is 0 Å². The lowest BCUT2D eigenvalue weighted by Gasteiger charge is -2.08. The first-order chi connectivity index (χ1) is 11.5. The van der Waals surface area contributed by atoms with Crippen molar-refractivity contribution < 1.29 is 13.2 Å². The summed E-state index contributed by atoms with van der Waals surface area (Å²) >= 11 is 0. The van der Waals surface area contributed by atoms with E-state index in [0.717, 1.165) is 5.56 Å². The summed E-state index contributed by atoms with van der Waals surface area (Å²) in [6, 6.07) is 18.0. The van der Waals surface area contributed by atoms with Crippen LogP contribution >= 0.6 is 12.4 Å². The molecule has 0 aliphatic carbocycles. The highest BCUT2D eigenvalue weighted by Crippen LogP contribution is 2.22. The van der Waals surface area contributed by atoms with Gasteiger partial charge in [0.25, 0.3) is 0 Å². The molecule has 3 rings (SSSR count). The van der Waals surface area contributed by atoms with E-state index in [4.69, 9.17) is 0 Å². The maximum atomic E-state index is 12.5. The summed E-state index contributed by atoms with van der Waals surface area (Å²) in [5.74, 6) is 0.667. The minimum Gasteiger partial charge on any atom is -0.365 e. The molecule has 2 aromatic carbocycles. The van der Waals surface area contributed by atoms with Crippen LogP contribution in [0.2, 0.25) is 0 Å². The van der Waals surface area contributed by atoms with Crippen molar-refractivity contribution >= 4 is 18.2 Å². The summed E-state index contributed by atoms with van der Waals surface area (Å²) in [4.78, 5) is 0. The third kappa shape index (κ3) is 5.53. The van der Waals surface area contributed by atoms with Crippen LogP contribution in [0, 0.1) is 0 Å². The predicted octanol–water partition coefficient (Wildman–Crippen LogP) is 5.01. The van der Waals surface area contributed by atoms with Crippen LogP contribution in [-0.4, -0.2) is 16.0 Å². The van der Waals surface area contributed by atoms with Crippen molar-refractivity contribution in [2.75, 3.05) is 5.32 Å². The number of aromatic nitrogens is 2. The highest BCUT2D eigenvalue weighted by molar-refractivity contribution is 5.85. The molecule has 1 heterocycles. The van der Waals surface area contributed by atoms with Gasteiger partial charge in [0.05, 0.1) is 12.1 Å². The zero-order chi connectivity index (χ0) is 17.0. The van der Waals surface area contributed by atoms with E-state index in [1.54, 1.807) is 29.1 Å². The van der Waals surface area contributed by atoms with Gasteiger partial charge in [0.1, 0.15) is 5.82 Å². The monoisotopic (exact) mass is 367 g/mol. The number of alkyl halides is 3. The average molecular weight is 368 g/mol. The second-order valence-electron chi connectivity index (χ2n) is 5.45. The number of nitrogens with zero attached hydrogens (tertiary/aromatic N) is 2. The Kier molecular flexibility index (Phi) is 6.09. The maximum Gasteiger partial charge on any atom is 0.393 e. The topological polar surface area (TPSA) is 29.9 Å². The lowest BCUT2D eigenvalue weighted by atomic mass is 10.1. The summed E-state index contributed by atoms with van der Waals surface area (Å²) in [7, 11) is 0. The fourth-order valence-electron chi connectivity index (χ4n) is 2.39. The first-order valence-corrected chi connectivity index (χ1v) is 7.49. The first kappa shape index (κ1) is 18.9. The van der Waals surface area contributed by atoms with Gasteiger partial charge in [-0.2, -0.15) is 18.3 Å². The van der Waals surface area contributed by atoms with Gasteiger partial charge in [0.15, 0.2) is 0 Å². The first-order valence-electron chi connectivity index (χ1n) is 7.49. The Labute approximate surface area is 149 Å². The summed E-state index contributed by atoms with van der Waals surface area (Å²) in [5, 5.41) is 7.55. The fraction of sp³-hybridized carbons (Fsp3) is 0.167. The summed E-state index contributed by atoms with van der Waals surface area (Å²) in [5.41, 5.74) is 1.94. The van der Waals surface area contributed by atoms with Crippen LogP contribution in [0.5, 0.6) is 0 Å². The SMILES string of the molecule is Cl.FC(F)(F)Cc1cccc(-n2ccc(NCc3ccccc3)n2)c1. The molecule has 1 N–H and O–H groups in total. The van der Waals surface area contributed by atoms with Crippen molar-refractivity contribution in [2.24, 2.45) is 0 Å². The quantitative estimate of drug-likeness (QED) is 0.687. The molecule has 7 heteroatoms. The van der Waals surface area contributed by atoms with Crippen LogP contribution in [0.15, 0.2) is 66.9 Å². The van der Waals surface area contributed by atoms with Gasteiger partial charge in [-0.15, -0.1) is 12.4 Å². The van der Waals surface area contributed by atoms with E-state index in [9.17, 15) is 13.2 Å². The second kappa shape index (κ2) is 8.07. The molecule has 132 valence electrons. The molecule has 0 fully saturated rings. The van der Waals surface area contributed by atoms with E-state index in [2.05, 4.69) is 10.4 Å². The molecular formula is C18H17ClF3N3. The smallest absolute Gasteiger partial charge is 0.365 e. The van der Waals surface area contributed by atoms with Crippen molar-refractivity contribution in [3.05, 3.63) is 78.0 Å². The van der Waals surface area contributed by atoms with Gasteiger partial charge in [-0.05, 0) is 23.3 Å². The largest absolute Gasteiger partial charge is 0.393 e. The summed E-state index contributed by atoms with van der Waals surface area (Å²) in [6.45, 7) is 0.631. The normalized spacial score (nSPS) is 11.0. The lowest BCUT2D eigenvalue weighted by molar-refractivity contribution is -0.127. The molecule has 3 nitrogen and oxygen atoms in total. The predicted molar refractivity (Wildman–Crippen MR) is 94.3 cm³/mol. The Balaban J connectivity index is 0.00000225. The minimum atomic E-state index is -4.22.